The van der Waals surface area contributed by atoms with Gasteiger partial charge in [0.2, 0.25) is 0 Å². The van der Waals surface area contributed by atoms with E-state index in [2.05, 4.69) is 0 Å². The van der Waals surface area contributed by atoms with Crippen molar-refractivity contribution in [2.24, 2.45) is 0 Å². The third-order valence-corrected chi connectivity index (χ3v) is 1.70. The molecule has 1 aromatic rings. The first kappa shape index (κ1) is 12.2. The molecule has 88 valence electrons. The number of nitrogen functional groups attached to an aromatic ring is 1. The van der Waals surface area contributed by atoms with E-state index in [1.165, 1.54) is 0 Å². The van der Waals surface area contributed by atoms with Gasteiger partial charge in [-0.05, 0) is 26.0 Å². The summed E-state index contributed by atoms with van der Waals surface area (Å²) in [6, 6.07) is 2.03. The predicted molar refractivity (Wildman–Crippen MR) is 56.0 cm³/mol. The highest BCUT2D eigenvalue weighted by Gasteiger charge is 2.15. The molecule has 6 heteroatoms. The van der Waals surface area contributed by atoms with Crippen LogP contribution in [0.2, 0.25) is 0 Å². The molecule has 3 N–H and O–H groups in total. The Kier molecular flexibility index (Phi) is 3.65. The molecule has 0 saturated heterocycles. The molecule has 1 rings (SSSR count). The minimum atomic E-state index is -1.21. The van der Waals surface area contributed by atoms with Gasteiger partial charge in [-0.25, -0.2) is 13.6 Å². The number of hydrogen-bond acceptors (Lipinski definition) is 3. The summed E-state index contributed by atoms with van der Waals surface area (Å²) >= 11 is 0. The first-order valence-electron chi connectivity index (χ1n) is 4.63. The van der Waals surface area contributed by atoms with Gasteiger partial charge in [-0.2, -0.15) is 0 Å². The Morgan fingerprint density at radius 3 is 2.62 bits per heavy atom. The van der Waals surface area contributed by atoms with E-state index in [1.54, 1.807) is 13.8 Å². The zero-order chi connectivity index (χ0) is 12.3. The molecule has 0 spiro atoms. The normalized spacial score (nSPS) is 10.3. The molecule has 4 nitrogen and oxygen atoms in total. The second-order valence-electron chi connectivity index (χ2n) is 3.40. The number of nitrogens with two attached hydrogens (primary N) is 1. The van der Waals surface area contributed by atoms with Crippen LogP contribution in [0, 0.1) is 11.6 Å². The van der Waals surface area contributed by atoms with Gasteiger partial charge in [-0.15, -0.1) is 0 Å². The van der Waals surface area contributed by atoms with E-state index >= 15 is 0 Å². The van der Waals surface area contributed by atoms with Gasteiger partial charge in [-0.3, -0.25) is 5.32 Å². The van der Waals surface area contributed by atoms with Gasteiger partial charge in [0.1, 0.15) is 5.69 Å². The summed E-state index contributed by atoms with van der Waals surface area (Å²) in [4.78, 5) is 11.2. The number of ether oxygens (including phenoxy) is 1. The van der Waals surface area contributed by atoms with Crippen LogP contribution in [-0.4, -0.2) is 12.2 Å². The molecule has 0 unspecified atom stereocenters. The van der Waals surface area contributed by atoms with Crippen molar-refractivity contribution in [3.8, 4) is 0 Å². The van der Waals surface area contributed by atoms with Crippen LogP contribution in [0.1, 0.15) is 13.8 Å². The summed E-state index contributed by atoms with van der Waals surface area (Å²) in [5.41, 5.74) is 4.91. The van der Waals surface area contributed by atoms with Crippen LogP contribution in [0.25, 0.3) is 0 Å². The molecule has 1 amide bonds. The van der Waals surface area contributed by atoms with E-state index in [0.717, 1.165) is 12.1 Å². The van der Waals surface area contributed by atoms with E-state index in [0.29, 0.717) is 0 Å². The van der Waals surface area contributed by atoms with Gasteiger partial charge in [0.25, 0.3) is 0 Å². The van der Waals surface area contributed by atoms with Crippen LogP contribution in [0.5, 0.6) is 0 Å². The number of hydrogen-bond donors (Lipinski definition) is 2. The SMILES string of the molecule is CC(C)OC(=O)Nc1c(N)ccc(F)c1F. The number of halogens is 2. The summed E-state index contributed by atoms with van der Waals surface area (Å²) in [7, 11) is 0. The summed E-state index contributed by atoms with van der Waals surface area (Å²) in [5, 5.41) is 2.05. The summed E-state index contributed by atoms with van der Waals surface area (Å²) in [5.74, 6) is -2.30. The smallest absolute Gasteiger partial charge is 0.412 e. The Labute approximate surface area is 91.4 Å². The fraction of sp³-hybridized carbons (Fsp3) is 0.300. The maximum absolute atomic E-state index is 13.2. The average Bonchev–Trinajstić information content (AvgIpc) is 2.17. The molecule has 16 heavy (non-hydrogen) atoms. The summed E-state index contributed by atoms with van der Waals surface area (Å²) < 4.78 is 30.8. The highest BCUT2D eigenvalue weighted by Crippen LogP contribution is 2.24. The van der Waals surface area contributed by atoms with Crippen molar-refractivity contribution in [2.45, 2.75) is 20.0 Å². The second kappa shape index (κ2) is 4.78. The van der Waals surface area contributed by atoms with Gasteiger partial charge >= 0.3 is 6.09 Å². The standard InChI is InChI=1S/C10H12F2N2O2/c1-5(2)16-10(15)14-9-7(13)4-3-6(11)8(9)12/h3-5H,13H2,1-2H3,(H,14,15). The number of rotatable bonds is 2. The van der Waals surface area contributed by atoms with Crippen LogP contribution in [0.15, 0.2) is 12.1 Å². The topological polar surface area (TPSA) is 64.3 Å². The number of nitrogens with one attached hydrogen (secondary N) is 1. The number of amides is 1. The van der Waals surface area contributed by atoms with E-state index in [-0.39, 0.29) is 11.8 Å². The zero-order valence-corrected chi connectivity index (χ0v) is 8.88. The number of carbonyl (C=O) groups excluding carboxylic acids is 1. The largest absolute Gasteiger partial charge is 0.447 e. The molecule has 0 heterocycles. The fourth-order valence-electron chi connectivity index (χ4n) is 1.04. The molecule has 0 radical (unpaired) electrons. The van der Waals surface area contributed by atoms with Crippen LogP contribution in [-0.2, 0) is 4.74 Å². The summed E-state index contributed by atoms with van der Waals surface area (Å²) in [6.07, 6.45) is -1.25. The van der Waals surface area contributed by atoms with E-state index in [1.807, 2.05) is 5.32 Å². The van der Waals surface area contributed by atoms with Crippen LogP contribution < -0.4 is 11.1 Å². The number of benzene rings is 1. The first-order valence-corrected chi connectivity index (χ1v) is 4.63. The molecule has 0 aliphatic heterocycles. The Bertz CT molecular complexity index is 408. The Hall–Kier alpha value is -1.85. The van der Waals surface area contributed by atoms with E-state index in [9.17, 15) is 13.6 Å². The van der Waals surface area contributed by atoms with Crippen LogP contribution in [0.4, 0.5) is 25.0 Å². The predicted octanol–water partition coefficient (Wildman–Crippen LogP) is 2.50. The highest BCUT2D eigenvalue weighted by molar-refractivity contribution is 5.89. The van der Waals surface area contributed by atoms with Gasteiger partial charge in [0.05, 0.1) is 11.8 Å². The molecule has 0 aliphatic carbocycles. The van der Waals surface area contributed by atoms with E-state index in [4.69, 9.17) is 10.5 Å². The van der Waals surface area contributed by atoms with Crippen molar-refractivity contribution >= 4 is 17.5 Å². The third kappa shape index (κ3) is 2.82. The van der Waals surface area contributed by atoms with Crippen molar-refractivity contribution in [1.82, 2.24) is 0 Å². The monoisotopic (exact) mass is 230 g/mol. The van der Waals surface area contributed by atoms with Crippen LogP contribution in [0.3, 0.4) is 0 Å². The number of carbonyl (C=O) groups is 1. The Balaban J connectivity index is 2.88. The molecule has 0 aromatic heterocycles. The minimum absolute atomic E-state index is 0.0698. The Morgan fingerprint density at radius 1 is 1.44 bits per heavy atom. The number of anilines is 2. The molecular weight excluding hydrogens is 218 g/mol. The zero-order valence-electron chi connectivity index (χ0n) is 8.88. The summed E-state index contributed by atoms with van der Waals surface area (Å²) in [6.45, 7) is 3.26. The first-order chi connectivity index (χ1) is 7.41. The lowest BCUT2D eigenvalue weighted by atomic mass is 10.2. The molecule has 0 atom stereocenters. The van der Waals surface area contributed by atoms with Gasteiger partial charge in [0.15, 0.2) is 11.6 Å². The van der Waals surface area contributed by atoms with Crippen LogP contribution >= 0.6 is 0 Å². The van der Waals surface area contributed by atoms with Crippen molar-refractivity contribution in [3.05, 3.63) is 23.8 Å². The maximum atomic E-state index is 13.2. The van der Waals surface area contributed by atoms with Crippen molar-refractivity contribution in [3.63, 3.8) is 0 Å². The Morgan fingerprint density at radius 2 is 2.06 bits per heavy atom. The van der Waals surface area contributed by atoms with Gasteiger partial charge < -0.3 is 10.5 Å². The molecular formula is C10H12F2N2O2. The molecule has 1 aromatic carbocycles. The van der Waals surface area contributed by atoms with Crippen molar-refractivity contribution in [2.75, 3.05) is 11.1 Å². The molecule has 0 bridgehead atoms. The van der Waals surface area contributed by atoms with Crippen molar-refractivity contribution < 1.29 is 18.3 Å². The fourth-order valence-corrected chi connectivity index (χ4v) is 1.04. The lowest BCUT2D eigenvalue weighted by Gasteiger charge is -2.11. The molecule has 0 saturated carbocycles. The maximum Gasteiger partial charge on any atom is 0.412 e. The highest BCUT2D eigenvalue weighted by atomic mass is 19.2. The van der Waals surface area contributed by atoms with E-state index < -0.39 is 23.4 Å². The third-order valence-electron chi connectivity index (χ3n) is 1.70. The molecule has 0 fully saturated rings. The minimum Gasteiger partial charge on any atom is -0.447 e. The quantitative estimate of drug-likeness (QED) is 0.767. The van der Waals surface area contributed by atoms with Gasteiger partial charge in [0, 0.05) is 0 Å². The lowest BCUT2D eigenvalue weighted by Crippen LogP contribution is -2.19. The lowest BCUT2D eigenvalue weighted by molar-refractivity contribution is 0.130. The van der Waals surface area contributed by atoms with Gasteiger partial charge in [-0.1, -0.05) is 0 Å². The molecule has 0 aliphatic rings. The average molecular weight is 230 g/mol. The van der Waals surface area contributed by atoms with Crippen molar-refractivity contribution in [1.29, 1.82) is 0 Å². The second-order valence-corrected chi connectivity index (χ2v) is 3.40.